The Morgan fingerprint density at radius 2 is 1.19 bits per heavy atom. The fourth-order valence-corrected chi connectivity index (χ4v) is 3.15. The van der Waals surface area contributed by atoms with E-state index in [-0.39, 0.29) is 38.6 Å². The average Bonchev–Trinajstić information content (AvgIpc) is 2.66. The molecule has 0 atom stereocenters. The van der Waals surface area contributed by atoms with Crippen LogP contribution < -0.4 is 10.9 Å². The second-order valence-corrected chi connectivity index (χ2v) is 5.92. The van der Waals surface area contributed by atoms with E-state index in [0.717, 1.165) is 0 Å². The van der Waals surface area contributed by atoms with Gasteiger partial charge in [-0.2, -0.15) is 0 Å². The van der Waals surface area contributed by atoms with Crippen molar-refractivity contribution in [1.82, 2.24) is 0 Å². The lowest BCUT2D eigenvalue weighted by molar-refractivity contribution is 0.335. The topological polar surface area (TPSA) is 101 Å². The highest BCUT2D eigenvalue weighted by Gasteiger charge is 2.25. The highest BCUT2D eigenvalue weighted by Crippen LogP contribution is 2.34. The van der Waals surface area contributed by atoms with Crippen LogP contribution in [0.25, 0.3) is 27.5 Å². The van der Waals surface area contributed by atoms with Crippen LogP contribution in [0.5, 0.6) is 11.9 Å². The molecular weight excluding hydrogens is 348 g/mol. The van der Waals surface area contributed by atoms with Crippen LogP contribution in [0.3, 0.4) is 0 Å². The van der Waals surface area contributed by atoms with Crippen LogP contribution >= 0.6 is 0 Å². The van der Waals surface area contributed by atoms with Gasteiger partial charge in [0.05, 0.1) is 10.8 Å². The van der Waals surface area contributed by atoms with Crippen LogP contribution in [-0.2, 0) is 0 Å². The highest BCUT2D eigenvalue weighted by atomic mass is 16.5. The molecule has 0 spiro atoms. The molecule has 27 heavy (non-hydrogen) atoms. The molecule has 4 rings (SSSR count). The van der Waals surface area contributed by atoms with Gasteiger partial charge in [0.1, 0.15) is 22.3 Å². The zero-order valence-electron chi connectivity index (χ0n) is 14.2. The van der Waals surface area contributed by atoms with E-state index in [1.165, 1.54) is 6.08 Å². The fourth-order valence-electron chi connectivity index (χ4n) is 3.15. The molecule has 4 aromatic rings. The second kappa shape index (κ2) is 6.17. The van der Waals surface area contributed by atoms with Crippen LogP contribution in [0.4, 0.5) is 0 Å². The molecular formula is C21H14O6. The van der Waals surface area contributed by atoms with Crippen LogP contribution in [0.2, 0.25) is 0 Å². The minimum absolute atomic E-state index is 0.0315. The molecule has 2 aromatic heterocycles. The Bertz CT molecular complexity index is 1240. The second-order valence-electron chi connectivity index (χ2n) is 5.92. The summed E-state index contributed by atoms with van der Waals surface area (Å²) in [5.41, 5.74) is -1.00. The molecule has 0 bridgehead atoms. The summed E-state index contributed by atoms with van der Waals surface area (Å²) in [6.45, 7) is 1.58. The summed E-state index contributed by atoms with van der Waals surface area (Å²) in [4.78, 5) is 25.9. The largest absolute Gasteiger partial charge is 0.480 e. The third kappa shape index (κ3) is 2.50. The minimum Gasteiger partial charge on any atom is -0.480 e. The summed E-state index contributed by atoms with van der Waals surface area (Å²) in [6.07, 6.45) is 1.45. The van der Waals surface area contributed by atoms with E-state index in [0.29, 0.717) is 0 Å². The first-order valence-corrected chi connectivity index (χ1v) is 8.19. The van der Waals surface area contributed by atoms with E-state index >= 15 is 0 Å². The number of aromatic hydroxyl groups is 2. The SMILES string of the molecule is CC=C(c1c(O)oc2ccccc2c1=O)c1c(O)oc2ccccc2c1=O. The maximum Gasteiger partial charge on any atom is 0.294 e. The number of para-hydroxylation sites is 2. The molecule has 6 heteroatoms. The van der Waals surface area contributed by atoms with Crippen LogP contribution in [0.15, 0.2) is 73.0 Å². The van der Waals surface area contributed by atoms with Gasteiger partial charge in [-0.1, -0.05) is 30.3 Å². The molecule has 6 nitrogen and oxygen atoms in total. The van der Waals surface area contributed by atoms with Crippen molar-refractivity contribution in [2.45, 2.75) is 6.92 Å². The van der Waals surface area contributed by atoms with Gasteiger partial charge < -0.3 is 19.0 Å². The van der Waals surface area contributed by atoms with Gasteiger partial charge in [0.15, 0.2) is 0 Å². The van der Waals surface area contributed by atoms with Crippen molar-refractivity contribution in [3.8, 4) is 11.9 Å². The maximum atomic E-state index is 12.9. The zero-order chi connectivity index (χ0) is 19.1. The Hall–Kier alpha value is -3.80. The highest BCUT2D eigenvalue weighted by molar-refractivity contribution is 5.91. The van der Waals surface area contributed by atoms with Crippen molar-refractivity contribution in [2.75, 3.05) is 0 Å². The summed E-state index contributed by atoms with van der Waals surface area (Å²) in [5.74, 6) is -1.28. The fraction of sp³-hybridized carbons (Fsp3) is 0.0476. The maximum absolute atomic E-state index is 12.9. The molecule has 0 saturated heterocycles. The number of allylic oxidation sites excluding steroid dienone is 1. The number of rotatable bonds is 2. The molecule has 0 aliphatic rings. The van der Waals surface area contributed by atoms with Gasteiger partial charge in [0, 0.05) is 5.57 Å². The molecule has 2 N–H and O–H groups in total. The monoisotopic (exact) mass is 362 g/mol. The molecule has 0 aliphatic carbocycles. The Kier molecular flexibility index (Phi) is 3.81. The Balaban J connectivity index is 2.09. The summed E-state index contributed by atoms with van der Waals surface area (Å²) in [5, 5.41) is 21.1. The van der Waals surface area contributed by atoms with Crippen LogP contribution in [-0.4, -0.2) is 10.2 Å². The van der Waals surface area contributed by atoms with Gasteiger partial charge in [-0.15, -0.1) is 0 Å². The number of hydrogen-bond donors (Lipinski definition) is 2. The molecule has 0 amide bonds. The van der Waals surface area contributed by atoms with Crippen molar-refractivity contribution in [2.24, 2.45) is 0 Å². The summed E-state index contributed by atoms with van der Waals surface area (Å²) in [7, 11) is 0. The quantitative estimate of drug-likeness (QED) is 0.563. The van der Waals surface area contributed by atoms with Crippen molar-refractivity contribution < 1.29 is 19.0 Å². The lowest BCUT2D eigenvalue weighted by Crippen LogP contribution is -2.15. The van der Waals surface area contributed by atoms with Crippen LogP contribution in [0, 0.1) is 0 Å². The predicted octanol–water partition coefficient (Wildman–Crippen LogP) is 3.76. The zero-order valence-corrected chi connectivity index (χ0v) is 14.2. The normalized spacial score (nSPS) is 11.0. The first-order chi connectivity index (χ1) is 13.0. The molecule has 0 unspecified atom stereocenters. The van der Waals surface area contributed by atoms with Gasteiger partial charge in [-0.25, -0.2) is 0 Å². The summed E-state index contributed by atoms with van der Waals surface area (Å²) < 4.78 is 10.7. The number of benzene rings is 2. The average molecular weight is 362 g/mol. The van der Waals surface area contributed by atoms with Gasteiger partial charge in [0.25, 0.3) is 11.9 Å². The molecule has 0 saturated carbocycles. The van der Waals surface area contributed by atoms with E-state index in [4.69, 9.17) is 8.83 Å². The molecule has 0 radical (unpaired) electrons. The molecule has 0 aliphatic heterocycles. The van der Waals surface area contributed by atoms with Crippen molar-refractivity contribution in [3.05, 3.63) is 86.2 Å². The lowest BCUT2D eigenvalue weighted by Gasteiger charge is -2.10. The van der Waals surface area contributed by atoms with Crippen molar-refractivity contribution >= 4 is 27.5 Å². The van der Waals surface area contributed by atoms with E-state index in [1.807, 2.05) is 0 Å². The molecule has 2 aromatic carbocycles. The Labute approximate surface area is 152 Å². The first-order valence-electron chi connectivity index (χ1n) is 8.19. The molecule has 2 heterocycles. The van der Waals surface area contributed by atoms with Crippen LogP contribution in [0.1, 0.15) is 18.1 Å². The lowest BCUT2D eigenvalue weighted by atomic mass is 9.97. The first kappa shape index (κ1) is 16.7. The van der Waals surface area contributed by atoms with E-state index in [1.54, 1.807) is 55.5 Å². The van der Waals surface area contributed by atoms with Gasteiger partial charge >= 0.3 is 0 Å². The van der Waals surface area contributed by atoms with Gasteiger partial charge in [-0.05, 0) is 31.2 Å². The van der Waals surface area contributed by atoms with Crippen molar-refractivity contribution in [1.29, 1.82) is 0 Å². The third-order valence-electron chi connectivity index (χ3n) is 4.39. The minimum atomic E-state index is -0.640. The smallest absolute Gasteiger partial charge is 0.294 e. The van der Waals surface area contributed by atoms with E-state index in [2.05, 4.69) is 0 Å². The van der Waals surface area contributed by atoms with E-state index < -0.39 is 22.8 Å². The van der Waals surface area contributed by atoms with E-state index in [9.17, 15) is 19.8 Å². The number of hydrogen-bond acceptors (Lipinski definition) is 6. The van der Waals surface area contributed by atoms with Crippen molar-refractivity contribution in [3.63, 3.8) is 0 Å². The standard InChI is InChI=1S/C21H14O6/c1-2-11(16-18(22)12-7-3-5-9-14(12)26-20(16)24)17-19(23)13-8-4-6-10-15(13)27-21(17)25/h2-10,24-25H,1H3. The Morgan fingerprint density at radius 1 is 0.778 bits per heavy atom. The van der Waals surface area contributed by atoms with Gasteiger partial charge in [-0.3, -0.25) is 9.59 Å². The predicted molar refractivity (Wildman–Crippen MR) is 101 cm³/mol. The number of fused-ring (bicyclic) bond motifs is 2. The summed E-state index contributed by atoms with van der Waals surface area (Å²) in [6, 6.07) is 12.9. The third-order valence-corrected chi connectivity index (χ3v) is 4.39. The summed E-state index contributed by atoms with van der Waals surface area (Å²) >= 11 is 0. The molecule has 0 fully saturated rings. The Morgan fingerprint density at radius 3 is 1.59 bits per heavy atom. The molecule has 134 valence electrons. The van der Waals surface area contributed by atoms with Gasteiger partial charge in [0.2, 0.25) is 10.9 Å².